The lowest BCUT2D eigenvalue weighted by Crippen LogP contribution is -2.64. The van der Waals surface area contributed by atoms with E-state index in [1.165, 1.54) is 14.0 Å². The summed E-state index contributed by atoms with van der Waals surface area (Å²) in [5, 5.41) is 12.6. The number of hydrogen-bond donors (Lipinski definition) is 3. The molecule has 34 heavy (non-hydrogen) atoms. The number of carbonyl (C=O) groups is 4. The van der Waals surface area contributed by atoms with E-state index >= 15 is 0 Å². The molecule has 3 amide bonds. The second-order valence-corrected chi connectivity index (χ2v) is 8.48. The molecule has 0 radical (unpaired) electrons. The van der Waals surface area contributed by atoms with Gasteiger partial charge in [-0.05, 0) is 29.2 Å². The highest BCUT2D eigenvalue weighted by Gasteiger charge is 2.47. The van der Waals surface area contributed by atoms with Crippen LogP contribution in [0.3, 0.4) is 0 Å². The largest absolute Gasteiger partial charge is 0.480 e. The van der Waals surface area contributed by atoms with Crippen LogP contribution in [0.4, 0.5) is 4.79 Å². The Kier molecular flexibility index (Phi) is 6.25. The van der Waals surface area contributed by atoms with E-state index < -0.39 is 35.5 Å². The zero-order chi connectivity index (χ0) is 24.5. The molecular formula is C24H25N3O7. The van der Waals surface area contributed by atoms with E-state index in [1.54, 1.807) is 0 Å². The van der Waals surface area contributed by atoms with Gasteiger partial charge in [-0.25, -0.2) is 14.6 Å². The normalized spacial score (nSPS) is 18.5. The first-order chi connectivity index (χ1) is 16.2. The summed E-state index contributed by atoms with van der Waals surface area (Å²) < 4.78 is 10.6. The number of methoxy groups -OCH3 is 1. The van der Waals surface area contributed by atoms with Crippen molar-refractivity contribution in [3.05, 3.63) is 59.7 Å². The Balaban J connectivity index is 1.48. The first kappa shape index (κ1) is 23.2. The van der Waals surface area contributed by atoms with Gasteiger partial charge in [0.2, 0.25) is 5.91 Å². The lowest BCUT2D eigenvalue weighted by Gasteiger charge is -2.33. The Bertz CT molecular complexity index is 1110. The van der Waals surface area contributed by atoms with E-state index in [-0.39, 0.29) is 25.6 Å². The zero-order valence-corrected chi connectivity index (χ0v) is 18.7. The Morgan fingerprint density at radius 1 is 1.12 bits per heavy atom. The number of alkyl carbamates (subject to hydrolysis) is 1. The highest BCUT2D eigenvalue weighted by Crippen LogP contribution is 2.44. The van der Waals surface area contributed by atoms with Crippen LogP contribution in [-0.4, -0.2) is 65.9 Å². The maximum absolute atomic E-state index is 13.1. The van der Waals surface area contributed by atoms with Crippen LogP contribution in [0.25, 0.3) is 11.1 Å². The summed E-state index contributed by atoms with van der Waals surface area (Å²) in [6, 6.07) is 14.4. The first-order valence-corrected chi connectivity index (χ1v) is 10.7. The number of amides is 3. The molecule has 3 N–H and O–H groups in total. The second-order valence-electron chi connectivity index (χ2n) is 8.48. The maximum atomic E-state index is 13.1. The van der Waals surface area contributed by atoms with Crippen LogP contribution >= 0.6 is 0 Å². The molecule has 2 atom stereocenters. The molecule has 0 aromatic heterocycles. The van der Waals surface area contributed by atoms with E-state index in [4.69, 9.17) is 9.47 Å². The number of nitrogens with zero attached hydrogens (tertiary/aromatic N) is 1. The lowest BCUT2D eigenvalue weighted by atomic mass is 9.98. The lowest BCUT2D eigenvalue weighted by molar-refractivity contribution is -0.154. The molecule has 0 saturated carbocycles. The Morgan fingerprint density at radius 3 is 2.26 bits per heavy atom. The van der Waals surface area contributed by atoms with E-state index in [9.17, 15) is 24.3 Å². The van der Waals surface area contributed by atoms with Crippen LogP contribution in [0.2, 0.25) is 0 Å². The number of carboxylic acids is 1. The maximum Gasteiger partial charge on any atom is 0.408 e. The minimum atomic E-state index is -1.68. The zero-order valence-electron chi connectivity index (χ0n) is 18.7. The molecule has 0 spiro atoms. The third-order valence-corrected chi connectivity index (χ3v) is 6.07. The molecule has 1 saturated heterocycles. The number of hydrazine groups is 1. The van der Waals surface area contributed by atoms with Crippen LogP contribution in [0, 0.1) is 0 Å². The average Bonchev–Trinajstić information content (AvgIpc) is 3.35. The molecule has 2 unspecified atom stereocenters. The number of carbonyl (C=O) groups excluding carboxylic acids is 3. The average molecular weight is 467 g/mol. The summed E-state index contributed by atoms with van der Waals surface area (Å²) in [6.45, 7) is 1.15. The molecular weight excluding hydrogens is 442 g/mol. The number of nitrogens with one attached hydrogen (secondary N) is 2. The van der Waals surface area contributed by atoms with Crippen molar-refractivity contribution in [1.82, 2.24) is 15.8 Å². The van der Waals surface area contributed by atoms with Crippen molar-refractivity contribution < 1.29 is 33.8 Å². The van der Waals surface area contributed by atoms with Crippen molar-refractivity contribution in [2.24, 2.45) is 0 Å². The molecule has 1 heterocycles. The van der Waals surface area contributed by atoms with Crippen LogP contribution in [0.1, 0.15) is 30.4 Å². The fourth-order valence-corrected chi connectivity index (χ4v) is 4.48. The molecule has 1 aliphatic carbocycles. The molecule has 10 heteroatoms. The highest BCUT2D eigenvalue weighted by atomic mass is 16.5. The second kappa shape index (κ2) is 9.14. The van der Waals surface area contributed by atoms with Gasteiger partial charge in [-0.15, -0.1) is 0 Å². The number of ether oxygens (including phenoxy) is 2. The van der Waals surface area contributed by atoms with Crippen molar-refractivity contribution in [3.8, 4) is 11.1 Å². The summed E-state index contributed by atoms with van der Waals surface area (Å²) in [4.78, 5) is 49.1. The molecule has 178 valence electrons. The van der Waals surface area contributed by atoms with Gasteiger partial charge in [0, 0.05) is 13.0 Å². The van der Waals surface area contributed by atoms with Gasteiger partial charge in [-0.3, -0.25) is 15.0 Å². The minimum absolute atomic E-state index is 0.0370. The topological polar surface area (TPSA) is 134 Å². The van der Waals surface area contributed by atoms with Gasteiger partial charge in [-0.1, -0.05) is 48.5 Å². The Hall–Kier alpha value is -3.92. The van der Waals surface area contributed by atoms with E-state index in [1.807, 2.05) is 48.5 Å². The van der Waals surface area contributed by atoms with Gasteiger partial charge in [-0.2, -0.15) is 0 Å². The summed E-state index contributed by atoms with van der Waals surface area (Å²) in [7, 11) is 1.34. The van der Waals surface area contributed by atoms with Gasteiger partial charge in [0.05, 0.1) is 13.0 Å². The number of aliphatic carboxylic acids is 1. The third-order valence-electron chi connectivity index (χ3n) is 6.07. The van der Waals surface area contributed by atoms with Crippen molar-refractivity contribution >= 4 is 23.9 Å². The SMILES string of the molecule is COCC(C)(NC(=O)OCC1c2ccccc2-c2ccccc21)C(=O)N1NC(=O)CC1C(=O)O. The van der Waals surface area contributed by atoms with Crippen LogP contribution in [0.15, 0.2) is 48.5 Å². The number of carboxylic acid groups (broad SMARTS) is 1. The van der Waals surface area contributed by atoms with Gasteiger partial charge in [0.15, 0.2) is 6.04 Å². The van der Waals surface area contributed by atoms with Crippen LogP contribution < -0.4 is 10.7 Å². The van der Waals surface area contributed by atoms with Crippen molar-refractivity contribution in [2.45, 2.75) is 30.8 Å². The van der Waals surface area contributed by atoms with Gasteiger partial charge >= 0.3 is 12.1 Å². The predicted octanol–water partition coefficient (Wildman–Crippen LogP) is 1.65. The minimum Gasteiger partial charge on any atom is -0.480 e. The summed E-state index contributed by atoms with van der Waals surface area (Å²) in [5.41, 5.74) is 4.80. The van der Waals surface area contributed by atoms with Crippen LogP contribution in [0.5, 0.6) is 0 Å². The smallest absolute Gasteiger partial charge is 0.408 e. The molecule has 1 fully saturated rings. The molecule has 10 nitrogen and oxygen atoms in total. The van der Waals surface area contributed by atoms with Crippen molar-refractivity contribution in [2.75, 3.05) is 20.3 Å². The third kappa shape index (κ3) is 4.19. The molecule has 4 rings (SSSR count). The molecule has 0 bridgehead atoms. The Labute approximate surface area is 195 Å². The molecule has 1 aliphatic heterocycles. The molecule has 2 aromatic rings. The Morgan fingerprint density at radius 2 is 1.71 bits per heavy atom. The predicted molar refractivity (Wildman–Crippen MR) is 120 cm³/mol. The molecule has 2 aliphatic rings. The highest BCUT2D eigenvalue weighted by molar-refractivity contribution is 5.98. The monoisotopic (exact) mass is 467 g/mol. The van der Waals surface area contributed by atoms with Crippen LogP contribution in [-0.2, 0) is 23.9 Å². The van der Waals surface area contributed by atoms with Gasteiger partial charge < -0.3 is 19.9 Å². The fraction of sp³-hybridized carbons (Fsp3) is 0.333. The summed E-state index contributed by atoms with van der Waals surface area (Å²) in [5.74, 6) is -2.95. The number of hydrogen-bond acceptors (Lipinski definition) is 6. The first-order valence-electron chi connectivity index (χ1n) is 10.7. The molecule has 2 aromatic carbocycles. The van der Waals surface area contributed by atoms with Crippen molar-refractivity contribution in [3.63, 3.8) is 0 Å². The van der Waals surface area contributed by atoms with Gasteiger partial charge in [0.25, 0.3) is 5.91 Å². The van der Waals surface area contributed by atoms with Crippen molar-refractivity contribution in [1.29, 1.82) is 0 Å². The fourth-order valence-electron chi connectivity index (χ4n) is 4.48. The van der Waals surface area contributed by atoms with E-state index in [2.05, 4.69) is 10.7 Å². The summed E-state index contributed by atoms with van der Waals surface area (Å²) in [6.07, 6.45) is -1.25. The number of fused-ring (bicyclic) bond motifs is 3. The van der Waals surface area contributed by atoms with Gasteiger partial charge in [0.1, 0.15) is 12.1 Å². The standard InChI is InChI=1S/C24H25N3O7/c1-24(13-33-2,22(31)27-19(21(29)30)11-20(28)26-27)25-23(32)34-12-18-16-9-5-3-7-14(16)15-8-4-6-10-17(15)18/h3-10,18-19H,11-13H2,1-2H3,(H,25,32)(H,26,28)(H,29,30). The number of rotatable bonds is 7. The quantitative estimate of drug-likeness (QED) is 0.564. The van der Waals surface area contributed by atoms with E-state index in [0.717, 1.165) is 22.3 Å². The van der Waals surface area contributed by atoms with E-state index in [0.29, 0.717) is 5.01 Å². The summed E-state index contributed by atoms with van der Waals surface area (Å²) >= 11 is 0. The number of benzene rings is 2.